The van der Waals surface area contributed by atoms with Gasteiger partial charge < -0.3 is 10.6 Å². The molecule has 0 aliphatic carbocycles. The number of amides is 2. The Hall–Kier alpha value is -3.66. The number of carbonyl (C=O) groups excluding carboxylic acids is 2. The molecule has 0 unspecified atom stereocenters. The van der Waals surface area contributed by atoms with E-state index in [-0.39, 0.29) is 42.1 Å². The molecule has 4 aromatic rings. The third-order valence-corrected chi connectivity index (χ3v) is 6.17. The minimum absolute atomic E-state index is 0.0164. The number of para-hydroxylation sites is 2. The number of nitrogens with one attached hydrogen (secondary N) is 2. The fraction of sp³-hybridized carbons (Fsp3) is 0.292. The number of hydrogen-bond acceptors (Lipinski definition) is 6. The topological polar surface area (TPSA) is 110 Å². The molecule has 4 rings (SSSR count). The largest absolute Gasteiger partial charge is 0.354 e. The number of thioether (sulfide) groups is 1. The minimum atomic E-state index is -0.235. The molecule has 0 bridgehead atoms. The van der Waals surface area contributed by atoms with Crippen molar-refractivity contribution in [3.63, 3.8) is 0 Å². The van der Waals surface area contributed by atoms with Crippen molar-refractivity contribution in [3.05, 3.63) is 64.4 Å². The van der Waals surface area contributed by atoms with E-state index in [0.717, 1.165) is 11.3 Å². The van der Waals surface area contributed by atoms with Gasteiger partial charge in [-0.2, -0.15) is 0 Å². The Balaban J connectivity index is 1.63. The number of hydrogen-bond donors (Lipinski definition) is 2. The van der Waals surface area contributed by atoms with Crippen molar-refractivity contribution in [3.8, 4) is 0 Å². The number of aryl methyl sites for hydroxylation is 2. The number of benzene rings is 2. The smallest absolute Gasteiger partial charge is 0.262 e. The third-order valence-electron chi connectivity index (χ3n) is 5.24. The summed E-state index contributed by atoms with van der Waals surface area (Å²) < 4.78 is 3.23. The maximum atomic E-state index is 13.2. The molecule has 34 heavy (non-hydrogen) atoms. The highest BCUT2D eigenvalue weighted by Crippen LogP contribution is 2.22. The molecule has 2 amide bonds. The van der Waals surface area contributed by atoms with E-state index in [2.05, 4.69) is 20.8 Å². The first kappa shape index (κ1) is 23.5. The van der Waals surface area contributed by atoms with Crippen LogP contribution < -0.4 is 16.2 Å². The highest BCUT2D eigenvalue weighted by molar-refractivity contribution is 7.99. The normalized spacial score (nSPS) is 11.3. The van der Waals surface area contributed by atoms with Crippen LogP contribution in [-0.2, 0) is 16.1 Å². The van der Waals surface area contributed by atoms with E-state index in [1.807, 2.05) is 57.2 Å². The van der Waals surface area contributed by atoms with Crippen LogP contribution in [0, 0.1) is 6.92 Å². The van der Waals surface area contributed by atoms with Gasteiger partial charge in [-0.1, -0.05) is 42.1 Å². The molecule has 0 aliphatic rings. The number of aromatic nitrogens is 4. The number of rotatable bonds is 8. The molecule has 2 aromatic carbocycles. The first-order valence-electron chi connectivity index (χ1n) is 11.0. The second-order valence-electron chi connectivity index (χ2n) is 8.22. The van der Waals surface area contributed by atoms with Crippen LogP contribution in [0.5, 0.6) is 0 Å². The summed E-state index contributed by atoms with van der Waals surface area (Å²) in [6, 6.07) is 14.8. The summed E-state index contributed by atoms with van der Waals surface area (Å²) >= 11 is 1.23. The lowest BCUT2D eigenvalue weighted by molar-refractivity contribution is -0.121. The summed E-state index contributed by atoms with van der Waals surface area (Å²) in [5.74, 6) is 0.149. The van der Waals surface area contributed by atoms with Gasteiger partial charge in [-0.05, 0) is 44.5 Å². The average molecular weight is 479 g/mol. The molecule has 0 aliphatic heterocycles. The van der Waals surface area contributed by atoms with Crippen molar-refractivity contribution >= 4 is 45.9 Å². The molecule has 10 heteroatoms. The van der Waals surface area contributed by atoms with Crippen LogP contribution in [0.25, 0.3) is 16.7 Å². The van der Waals surface area contributed by atoms with Crippen molar-refractivity contribution in [2.75, 3.05) is 11.1 Å². The van der Waals surface area contributed by atoms with E-state index in [1.165, 1.54) is 16.3 Å². The van der Waals surface area contributed by atoms with Crippen LogP contribution in [0.3, 0.4) is 0 Å². The Morgan fingerprint density at radius 3 is 2.53 bits per heavy atom. The van der Waals surface area contributed by atoms with Gasteiger partial charge in [0, 0.05) is 24.7 Å². The van der Waals surface area contributed by atoms with Crippen LogP contribution in [0.15, 0.2) is 58.5 Å². The van der Waals surface area contributed by atoms with E-state index in [0.29, 0.717) is 21.8 Å². The molecule has 2 aromatic heterocycles. The van der Waals surface area contributed by atoms with Crippen molar-refractivity contribution in [2.24, 2.45) is 0 Å². The molecule has 0 saturated heterocycles. The predicted molar refractivity (Wildman–Crippen MR) is 133 cm³/mol. The zero-order chi connectivity index (χ0) is 24.2. The second kappa shape index (κ2) is 10.1. The molecule has 2 heterocycles. The summed E-state index contributed by atoms with van der Waals surface area (Å²) in [5, 5.41) is 15.2. The summed E-state index contributed by atoms with van der Waals surface area (Å²) in [6.07, 6.45) is 0.139. The molecular weight excluding hydrogens is 452 g/mol. The van der Waals surface area contributed by atoms with Crippen molar-refractivity contribution in [1.29, 1.82) is 0 Å². The number of anilines is 1. The van der Waals surface area contributed by atoms with Crippen LogP contribution in [0.4, 0.5) is 5.69 Å². The lowest BCUT2D eigenvalue weighted by Gasteiger charge is -2.12. The summed E-state index contributed by atoms with van der Waals surface area (Å²) in [5.41, 5.74) is 2.15. The van der Waals surface area contributed by atoms with Crippen molar-refractivity contribution in [2.45, 2.75) is 44.9 Å². The maximum absolute atomic E-state index is 13.2. The van der Waals surface area contributed by atoms with Gasteiger partial charge in [0.15, 0.2) is 5.16 Å². The monoisotopic (exact) mass is 478 g/mol. The van der Waals surface area contributed by atoms with Crippen LogP contribution in [-0.4, -0.2) is 42.8 Å². The van der Waals surface area contributed by atoms with E-state index in [9.17, 15) is 14.4 Å². The Bertz CT molecular complexity index is 1430. The van der Waals surface area contributed by atoms with E-state index in [4.69, 9.17) is 0 Å². The lowest BCUT2D eigenvalue weighted by Crippen LogP contribution is -2.32. The fourth-order valence-electron chi connectivity index (χ4n) is 3.67. The average Bonchev–Trinajstić information content (AvgIpc) is 3.23. The SMILES string of the molecule is Cc1ccccc1NC(=O)CSc1nnc2n(CCC(=O)NC(C)C)c(=O)c3ccccc3n12. The van der Waals surface area contributed by atoms with E-state index >= 15 is 0 Å². The predicted octanol–water partition coefficient (Wildman–Crippen LogP) is 3.00. The molecule has 176 valence electrons. The molecular formula is C24H26N6O3S. The van der Waals surface area contributed by atoms with Crippen LogP contribution >= 0.6 is 11.8 Å². The van der Waals surface area contributed by atoms with Gasteiger partial charge in [-0.15, -0.1) is 10.2 Å². The molecule has 0 radical (unpaired) electrons. The Kier molecular flexibility index (Phi) is 6.97. The third kappa shape index (κ3) is 4.96. The Morgan fingerprint density at radius 2 is 1.76 bits per heavy atom. The van der Waals surface area contributed by atoms with Gasteiger partial charge in [0.1, 0.15) is 0 Å². The molecule has 2 N–H and O–H groups in total. The second-order valence-corrected chi connectivity index (χ2v) is 9.16. The Labute approximate surface area is 200 Å². The van der Waals surface area contributed by atoms with Crippen molar-refractivity contribution in [1.82, 2.24) is 24.5 Å². The first-order valence-corrected chi connectivity index (χ1v) is 12.0. The zero-order valence-corrected chi connectivity index (χ0v) is 20.1. The summed E-state index contributed by atoms with van der Waals surface area (Å²) in [6.45, 7) is 5.87. The van der Waals surface area contributed by atoms with Gasteiger partial charge in [-0.25, -0.2) is 0 Å². The molecule has 0 saturated carbocycles. The summed E-state index contributed by atoms with van der Waals surface area (Å²) in [7, 11) is 0. The molecule has 0 fully saturated rings. The minimum Gasteiger partial charge on any atom is -0.354 e. The zero-order valence-electron chi connectivity index (χ0n) is 19.2. The highest BCUT2D eigenvalue weighted by atomic mass is 32.2. The quantitative estimate of drug-likeness (QED) is 0.377. The fourth-order valence-corrected chi connectivity index (χ4v) is 4.41. The summed E-state index contributed by atoms with van der Waals surface area (Å²) in [4.78, 5) is 37.9. The number of nitrogens with zero attached hydrogens (tertiary/aromatic N) is 4. The number of carbonyl (C=O) groups is 2. The first-order chi connectivity index (χ1) is 16.3. The van der Waals surface area contributed by atoms with Gasteiger partial charge in [0.25, 0.3) is 5.56 Å². The molecule has 9 nitrogen and oxygen atoms in total. The maximum Gasteiger partial charge on any atom is 0.262 e. The Morgan fingerprint density at radius 1 is 1.03 bits per heavy atom. The van der Waals surface area contributed by atoms with Crippen LogP contribution in [0.2, 0.25) is 0 Å². The van der Waals surface area contributed by atoms with E-state index < -0.39 is 0 Å². The van der Waals surface area contributed by atoms with Gasteiger partial charge in [-0.3, -0.25) is 23.4 Å². The molecule has 0 atom stereocenters. The van der Waals surface area contributed by atoms with E-state index in [1.54, 1.807) is 16.5 Å². The number of fused-ring (bicyclic) bond motifs is 3. The lowest BCUT2D eigenvalue weighted by atomic mass is 10.2. The highest BCUT2D eigenvalue weighted by Gasteiger charge is 2.18. The van der Waals surface area contributed by atoms with Gasteiger partial charge >= 0.3 is 0 Å². The van der Waals surface area contributed by atoms with Gasteiger partial charge in [0.05, 0.1) is 16.7 Å². The standard InChI is InChI=1S/C24H26N6O3S/c1-15(2)25-20(31)12-13-29-22(33)17-9-5-7-11-19(17)30-23(29)27-28-24(30)34-14-21(32)26-18-10-6-4-8-16(18)3/h4-11,15H,12-14H2,1-3H3,(H,25,31)(H,26,32). The van der Waals surface area contributed by atoms with Crippen molar-refractivity contribution < 1.29 is 9.59 Å². The molecule has 0 spiro atoms. The van der Waals surface area contributed by atoms with Crippen LogP contribution in [0.1, 0.15) is 25.8 Å². The van der Waals surface area contributed by atoms with Gasteiger partial charge in [0.2, 0.25) is 17.6 Å².